The fourth-order valence-corrected chi connectivity index (χ4v) is 3.01. The van der Waals surface area contributed by atoms with Crippen LogP contribution in [0.25, 0.3) is 16.3 Å². The molecule has 130 valence electrons. The molecule has 3 rings (SSSR count). The number of aromatic nitrogens is 2. The van der Waals surface area contributed by atoms with Crippen LogP contribution in [-0.2, 0) is 11.8 Å². The van der Waals surface area contributed by atoms with Gasteiger partial charge in [-0.3, -0.25) is 18.9 Å². The summed E-state index contributed by atoms with van der Waals surface area (Å²) in [5.41, 5.74) is -0.135. The number of nitrogens with zero attached hydrogens (tertiary/aromatic N) is 2. The van der Waals surface area contributed by atoms with Crippen molar-refractivity contribution in [2.75, 3.05) is 0 Å². The molecule has 3 N–H and O–H groups in total. The van der Waals surface area contributed by atoms with Crippen LogP contribution in [0.2, 0.25) is 0 Å². The number of carbonyl (C=O) groups excluding carboxylic acids is 1. The minimum Gasteiger partial charge on any atom is -0.505 e. The van der Waals surface area contributed by atoms with Crippen LogP contribution < -0.4 is 10.9 Å². The highest BCUT2D eigenvalue weighted by atomic mass is 16.4. The van der Waals surface area contributed by atoms with Crippen LogP contribution in [0.4, 0.5) is 0 Å². The standard InChI is InChI=1S/C17H17N3O5/c1-8(17(24)25)18-15(22)12-14(21)13-11-7-5-4-6-10(11)9(2)20(13)19(3)16(12)23/h4-8,21H,1-3H3,(H,18,22)(H,24,25). The average Bonchev–Trinajstić information content (AvgIpc) is 2.86. The number of aliphatic carboxylic acids is 1. The first kappa shape index (κ1) is 16.6. The van der Waals surface area contributed by atoms with E-state index in [1.165, 1.54) is 18.7 Å². The van der Waals surface area contributed by atoms with Gasteiger partial charge in [-0.25, -0.2) is 4.68 Å². The van der Waals surface area contributed by atoms with Crippen LogP contribution in [0.5, 0.6) is 5.75 Å². The lowest BCUT2D eigenvalue weighted by molar-refractivity contribution is -0.138. The molecule has 0 fully saturated rings. The van der Waals surface area contributed by atoms with Crippen molar-refractivity contribution < 1.29 is 19.8 Å². The minimum absolute atomic E-state index is 0.323. The third kappa shape index (κ3) is 2.34. The number of benzene rings is 1. The van der Waals surface area contributed by atoms with Gasteiger partial charge in [-0.2, -0.15) is 0 Å². The number of rotatable bonds is 3. The Hall–Kier alpha value is -3.29. The van der Waals surface area contributed by atoms with E-state index in [0.29, 0.717) is 10.9 Å². The molecule has 8 nitrogen and oxygen atoms in total. The third-order valence-electron chi connectivity index (χ3n) is 4.32. The summed E-state index contributed by atoms with van der Waals surface area (Å²) in [6.45, 7) is 3.08. The molecule has 0 spiro atoms. The summed E-state index contributed by atoms with van der Waals surface area (Å²) < 4.78 is 2.77. The molecular weight excluding hydrogens is 326 g/mol. The van der Waals surface area contributed by atoms with Gasteiger partial charge in [-0.1, -0.05) is 24.3 Å². The maximum absolute atomic E-state index is 12.6. The Kier molecular flexibility index (Phi) is 3.75. The molecule has 2 aromatic heterocycles. The van der Waals surface area contributed by atoms with E-state index in [1.54, 1.807) is 23.6 Å². The second-order valence-electron chi connectivity index (χ2n) is 5.88. The van der Waals surface area contributed by atoms with E-state index >= 15 is 0 Å². The van der Waals surface area contributed by atoms with Gasteiger partial charge in [0.2, 0.25) is 0 Å². The van der Waals surface area contributed by atoms with Crippen molar-refractivity contribution in [3.05, 3.63) is 45.9 Å². The number of carboxylic acids is 1. The van der Waals surface area contributed by atoms with Gasteiger partial charge in [0.05, 0.1) is 0 Å². The molecule has 1 atom stereocenters. The zero-order valence-corrected chi connectivity index (χ0v) is 13.9. The van der Waals surface area contributed by atoms with Crippen molar-refractivity contribution in [3.63, 3.8) is 0 Å². The lowest BCUT2D eigenvalue weighted by Gasteiger charge is -2.14. The minimum atomic E-state index is -1.24. The number of hydrogen-bond donors (Lipinski definition) is 3. The molecule has 0 bridgehead atoms. The number of aryl methyl sites for hydroxylation is 2. The fourth-order valence-electron chi connectivity index (χ4n) is 3.01. The van der Waals surface area contributed by atoms with Crippen LogP contribution in [0.1, 0.15) is 23.0 Å². The van der Waals surface area contributed by atoms with E-state index in [4.69, 9.17) is 5.11 Å². The molecular formula is C17H17N3O5. The number of aromatic hydroxyl groups is 1. The molecule has 0 aliphatic carbocycles. The Labute approximate surface area is 141 Å². The zero-order chi connectivity index (χ0) is 18.5. The van der Waals surface area contributed by atoms with E-state index in [-0.39, 0.29) is 0 Å². The molecule has 2 heterocycles. The molecule has 0 aliphatic rings. The molecule has 0 radical (unpaired) electrons. The Balaban J connectivity index is 2.35. The van der Waals surface area contributed by atoms with Gasteiger partial charge >= 0.3 is 5.97 Å². The predicted molar refractivity (Wildman–Crippen MR) is 91.1 cm³/mol. The first-order chi connectivity index (χ1) is 11.8. The molecule has 0 saturated heterocycles. The van der Waals surface area contributed by atoms with E-state index < -0.39 is 34.8 Å². The van der Waals surface area contributed by atoms with E-state index in [0.717, 1.165) is 11.1 Å². The zero-order valence-electron chi connectivity index (χ0n) is 13.9. The lowest BCUT2D eigenvalue weighted by Crippen LogP contribution is -2.42. The van der Waals surface area contributed by atoms with E-state index in [9.17, 15) is 19.5 Å². The van der Waals surface area contributed by atoms with Gasteiger partial charge in [0.25, 0.3) is 11.5 Å². The van der Waals surface area contributed by atoms with Crippen LogP contribution in [0, 0.1) is 6.92 Å². The Morgan fingerprint density at radius 2 is 1.80 bits per heavy atom. The van der Waals surface area contributed by atoms with Crippen LogP contribution in [0.15, 0.2) is 29.1 Å². The Bertz CT molecular complexity index is 1090. The van der Waals surface area contributed by atoms with Crippen molar-refractivity contribution in [1.82, 2.24) is 14.5 Å². The summed E-state index contributed by atoms with van der Waals surface area (Å²) in [4.78, 5) is 35.9. The number of fused-ring (bicyclic) bond motifs is 3. The Morgan fingerprint density at radius 1 is 1.20 bits per heavy atom. The quantitative estimate of drug-likeness (QED) is 0.657. The molecule has 0 aliphatic heterocycles. The summed E-state index contributed by atoms with van der Waals surface area (Å²) in [7, 11) is 1.48. The lowest BCUT2D eigenvalue weighted by atomic mass is 10.1. The van der Waals surface area contributed by atoms with E-state index in [1.807, 2.05) is 12.1 Å². The SMILES string of the molecule is Cc1c2ccccc2c2c(O)c(C(=O)NC(C)C(=O)O)c(=O)n(C)n12. The Morgan fingerprint density at radius 3 is 2.40 bits per heavy atom. The summed E-state index contributed by atoms with van der Waals surface area (Å²) in [6, 6.07) is 6.07. The molecule has 1 aromatic carbocycles. The van der Waals surface area contributed by atoms with Crippen LogP contribution in [0.3, 0.4) is 0 Å². The molecule has 1 unspecified atom stereocenters. The van der Waals surface area contributed by atoms with Gasteiger partial charge in [0, 0.05) is 23.5 Å². The number of nitrogens with one attached hydrogen (secondary N) is 1. The third-order valence-corrected chi connectivity index (χ3v) is 4.32. The second-order valence-corrected chi connectivity index (χ2v) is 5.88. The van der Waals surface area contributed by atoms with Gasteiger partial charge in [-0.15, -0.1) is 0 Å². The predicted octanol–water partition coefficient (Wildman–Crippen LogP) is 1.01. The van der Waals surface area contributed by atoms with Gasteiger partial charge in [-0.05, 0) is 13.8 Å². The molecule has 25 heavy (non-hydrogen) atoms. The highest BCUT2D eigenvalue weighted by molar-refractivity contribution is 6.07. The van der Waals surface area contributed by atoms with Gasteiger partial charge < -0.3 is 15.5 Å². The largest absolute Gasteiger partial charge is 0.505 e. The second kappa shape index (κ2) is 5.66. The topological polar surface area (TPSA) is 113 Å². The number of carboxylic acid groups (broad SMARTS) is 1. The first-order valence-electron chi connectivity index (χ1n) is 7.61. The molecule has 3 aromatic rings. The van der Waals surface area contributed by atoms with Gasteiger partial charge in [0.15, 0.2) is 5.75 Å². The monoisotopic (exact) mass is 343 g/mol. The van der Waals surface area contributed by atoms with E-state index in [2.05, 4.69) is 5.32 Å². The van der Waals surface area contributed by atoms with Gasteiger partial charge in [0.1, 0.15) is 17.1 Å². The number of carbonyl (C=O) groups is 2. The molecule has 0 saturated carbocycles. The van der Waals surface area contributed by atoms with Crippen molar-refractivity contribution in [3.8, 4) is 5.75 Å². The maximum atomic E-state index is 12.6. The van der Waals surface area contributed by atoms with Crippen molar-refractivity contribution >= 4 is 28.2 Å². The average molecular weight is 343 g/mol. The van der Waals surface area contributed by atoms with Crippen LogP contribution in [-0.4, -0.2) is 37.3 Å². The van der Waals surface area contributed by atoms with Crippen molar-refractivity contribution in [2.24, 2.45) is 7.05 Å². The summed E-state index contributed by atoms with van der Waals surface area (Å²) in [5.74, 6) is -2.64. The maximum Gasteiger partial charge on any atom is 0.325 e. The number of amides is 1. The van der Waals surface area contributed by atoms with Crippen molar-refractivity contribution in [1.29, 1.82) is 0 Å². The summed E-state index contributed by atoms with van der Waals surface area (Å²) in [5, 5.41) is 23.3. The number of hydrogen-bond acceptors (Lipinski definition) is 4. The highest BCUT2D eigenvalue weighted by Crippen LogP contribution is 2.32. The molecule has 1 amide bonds. The van der Waals surface area contributed by atoms with Crippen LogP contribution >= 0.6 is 0 Å². The first-order valence-corrected chi connectivity index (χ1v) is 7.61. The summed E-state index contributed by atoms with van der Waals surface area (Å²) >= 11 is 0. The smallest absolute Gasteiger partial charge is 0.325 e. The molecule has 8 heteroatoms. The summed E-state index contributed by atoms with van der Waals surface area (Å²) in [6.07, 6.45) is 0. The normalized spacial score (nSPS) is 12.4. The fraction of sp³-hybridized carbons (Fsp3) is 0.235. The highest BCUT2D eigenvalue weighted by Gasteiger charge is 2.26. The van der Waals surface area contributed by atoms with Crippen molar-refractivity contribution in [2.45, 2.75) is 19.9 Å².